The van der Waals surface area contributed by atoms with E-state index in [4.69, 9.17) is 21.3 Å². The SMILES string of the molecule is COc1cccc2c1nc(CCl)n2C1CCCCC1(C)C. The number of aromatic nitrogens is 2. The van der Waals surface area contributed by atoms with E-state index in [1.165, 1.54) is 25.7 Å². The second kappa shape index (κ2) is 5.53. The molecule has 1 unspecified atom stereocenters. The van der Waals surface area contributed by atoms with Gasteiger partial charge in [-0.1, -0.05) is 32.8 Å². The Morgan fingerprint density at radius 1 is 1.38 bits per heavy atom. The lowest BCUT2D eigenvalue weighted by Gasteiger charge is -2.40. The third-order valence-electron chi connectivity index (χ3n) is 4.86. The molecule has 2 aromatic rings. The first-order valence-corrected chi connectivity index (χ1v) is 8.21. The Morgan fingerprint density at radius 2 is 2.19 bits per heavy atom. The van der Waals surface area contributed by atoms with Gasteiger partial charge in [-0.25, -0.2) is 4.98 Å². The van der Waals surface area contributed by atoms with Gasteiger partial charge in [-0.2, -0.15) is 0 Å². The normalized spacial score (nSPS) is 21.6. The van der Waals surface area contributed by atoms with E-state index in [2.05, 4.69) is 24.5 Å². The first-order valence-electron chi connectivity index (χ1n) is 7.68. The minimum Gasteiger partial charge on any atom is -0.494 e. The van der Waals surface area contributed by atoms with Gasteiger partial charge in [0.25, 0.3) is 0 Å². The van der Waals surface area contributed by atoms with Crippen LogP contribution in [0, 0.1) is 5.41 Å². The first kappa shape index (κ1) is 14.7. The summed E-state index contributed by atoms with van der Waals surface area (Å²) in [6, 6.07) is 6.58. The smallest absolute Gasteiger partial charge is 0.146 e. The van der Waals surface area contributed by atoms with E-state index in [9.17, 15) is 0 Å². The van der Waals surface area contributed by atoms with E-state index < -0.39 is 0 Å². The lowest BCUT2D eigenvalue weighted by Crippen LogP contribution is -2.31. The topological polar surface area (TPSA) is 27.1 Å². The Balaban J connectivity index is 2.21. The van der Waals surface area contributed by atoms with Crippen LogP contribution < -0.4 is 4.74 Å². The van der Waals surface area contributed by atoms with Crippen molar-refractivity contribution in [3.8, 4) is 5.75 Å². The number of benzene rings is 1. The van der Waals surface area contributed by atoms with Crippen molar-refractivity contribution in [2.45, 2.75) is 51.5 Å². The molecule has 1 heterocycles. The summed E-state index contributed by atoms with van der Waals surface area (Å²) in [5, 5.41) is 0. The molecule has 1 fully saturated rings. The van der Waals surface area contributed by atoms with Crippen molar-refractivity contribution in [2.24, 2.45) is 5.41 Å². The molecule has 0 amide bonds. The maximum atomic E-state index is 6.19. The van der Waals surface area contributed by atoms with Crippen LogP contribution in [-0.4, -0.2) is 16.7 Å². The molecule has 114 valence electrons. The van der Waals surface area contributed by atoms with Crippen LogP contribution in [0.5, 0.6) is 5.75 Å². The summed E-state index contributed by atoms with van der Waals surface area (Å²) in [5.41, 5.74) is 2.34. The molecule has 3 rings (SSSR count). The maximum Gasteiger partial charge on any atom is 0.146 e. The second-order valence-electron chi connectivity index (χ2n) is 6.61. The molecule has 1 atom stereocenters. The Hall–Kier alpha value is -1.22. The van der Waals surface area contributed by atoms with Crippen LogP contribution in [0.4, 0.5) is 0 Å². The Labute approximate surface area is 131 Å². The summed E-state index contributed by atoms with van der Waals surface area (Å²) in [6.07, 6.45) is 5.04. The second-order valence-corrected chi connectivity index (χ2v) is 6.88. The van der Waals surface area contributed by atoms with Gasteiger partial charge in [0.15, 0.2) is 0 Å². The Morgan fingerprint density at radius 3 is 2.86 bits per heavy atom. The maximum absolute atomic E-state index is 6.19. The van der Waals surface area contributed by atoms with E-state index in [1.54, 1.807) is 7.11 Å². The molecule has 0 bridgehead atoms. The average Bonchev–Trinajstić information content (AvgIpc) is 2.85. The summed E-state index contributed by atoms with van der Waals surface area (Å²) in [7, 11) is 1.69. The fraction of sp³-hybridized carbons (Fsp3) is 0.588. The largest absolute Gasteiger partial charge is 0.494 e. The molecule has 1 aromatic carbocycles. The zero-order valence-corrected chi connectivity index (χ0v) is 13.8. The zero-order valence-electron chi connectivity index (χ0n) is 13.0. The highest BCUT2D eigenvalue weighted by Crippen LogP contribution is 2.46. The van der Waals surface area contributed by atoms with Crippen molar-refractivity contribution in [1.82, 2.24) is 9.55 Å². The number of nitrogens with zero attached hydrogens (tertiary/aromatic N) is 2. The van der Waals surface area contributed by atoms with Crippen LogP contribution in [0.3, 0.4) is 0 Å². The van der Waals surface area contributed by atoms with Crippen LogP contribution in [0.1, 0.15) is 51.4 Å². The van der Waals surface area contributed by atoms with Crippen molar-refractivity contribution in [3.05, 3.63) is 24.0 Å². The van der Waals surface area contributed by atoms with Gasteiger partial charge < -0.3 is 9.30 Å². The monoisotopic (exact) mass is 306 g/mol. The molecule has 0 saturated heterocycles. The fourth-order valence-corrected chi connectivity index (χ4v) is 3.89. The van der Waals surface area contributed by atoms with E-state index in [0.29, 0.717) is 11.9 Å². The number of para-hydroxylation sites is 1. The summed E-state index contributed by atoms with van der Waals surface area (Å²) in [6.45, 7) is 4.72. The fourth-order valence-electron chi connectivity index (χ4n) is 3.70. The molecule has 0 N–H and O–H groups in total. The highest BCUT2D eigenvalue weighted by Gasteiger charge is 2.35. The van der Waals surface area contributed by atoms with Crippen LogP contribution in [0.15, 0.2) is 18.2 Å². The quantitative estimate of drug-likeness (QED) is 0.752. The summed E-state index contributed by atoms with van der Waals surface area (Å²) >= 11 is 6.19. The van der Waals surface area contributed by atoms with Gasteiger partial charge in [0, 0.05) is 6.04 Å². The Kier molecular flexibility index (Phi) is 3.87. The molecule has 0 radical (unpaired) electrons. The number of alkyl halides is 1. The molecule has 1 aliphatic rings. The standard InChI is InChI=1S/C17H23ClN2O/c1-17(2)10-5-4-9-14(17)20-12-7-6-8-13(21-3)16(12)19-15(20)11-18/h6-8,14H,4-5,9-11H2,1-3H3. The summed E-state index contributed by atoms with van der Waals surface area (Å²) in [5.74, 6) is 2.21. The van der Waals surface area contributed by atoms with E-state index >= 15 is 0 Å². The lowest BCUT2D eigenvalue weighted by molar-refractivity contribution is 0.145. The van der Waals surface area contributed by atoms with E-state index in [1.807, 2.05) is 12.1 Å². The zero-order chi connectivity index (χ0) is 15.0. The van der Waals surface area contributed by atoms with Gasteiger partial charge in [-0.15, -0.1) is 11.6 Å². The van der Waals surface area contributed by atoms with Gasteiger partial charge >= 0.3 is 0 Å². The number of ether oxygens (including phenoxy) is 1. The molecule has 1 aromatic heterocycles. The predicted molar refractivity (Wildman–Crippen MR) is 87.1 cm³/mol. The molecule has 21 heavy (non-hydrogen) atoms. The number of rotatable bonds is 3. The number of methoxy groups -OCH3 is 1. The molecule has 4 heteroatoms. The van der Waals surface area contributed by atoms with Gasteiger partial charge in [0.05, 0.1) is 18.5 Å². The molecule has 1 aliphatic carbocycles. The summed E-state index contributed by atoms with van der Waals surface area (Å²) in [4.78, 5) is 4.75. The number of hydrogen-bond acceptors (Lipinski definition) is 2. The van der Waals surface area contributed by atoms with E-state index in [-0.39, 0.29) is 5.41 Å². The molecular formula is C17H23ClN2O. The minimum absolute atomic E-state index is 0.274. The van der Waals surface area contributed by atoms with Gasteiger partial charge in [0.1, 0.15) is 17.1 Å². The molecule has 3 nitrogen and oxygen atoms in total. The van der Waals surface area contributed by atoms with Crippen LogP contribution >= 0.6 is 11.6 Å². The minimum atomic E-state index is 0.274. The molecule has 1 saturated carbocycles. The van der Waals surface area contributed by atoms with Crippen molar-refractivity contribution >= 4 is 22.6 Å². The lowest BCUT2D eigenvalue weighted by atomic mass is 9.73. The van der Waals surface area contributed by atoms with Crippen molar-refractivity contribution in [2.75, 3.05) is 7.11 Å². The number of imidazole rings is 1. The van der Waals surface area contributed by atoms with Crippen molar-refractivity contribution in [3.63, 3.8) is 0 Å². The molecular weight excluding hydrogens is 284 g/mol. The van der Waals surface area contributed by atoms with E-state index in [0.717, 1.165) is 22.6 Å². The van der Waals surface area contributed by atoms with Gasteiger partial charge in [-0.3, -0.25) is 0 Å². The number of hydrogen-bond donors (Lipinski definition) is 0. The summed E-state index contributed by atoms with van der Waals surface area (Å²) < 4.78 is 7.83. The van der Waals surface area contributed by atoms with Crippen molar-refractivity contribution < 1.29 is 4.74 Å². The predicted octanol–water partition coefficient (Wildman–Crippen LogP) is 4.93. The highest BCUT2D eigenvalue weighted by atomic mass is 35.5. The third-order valence-corrected chi connectivity index (χ3v) is 5.10. The number of halogens is 1. The first-order chi connectivity index (χ1) is 10.1. The third kappa shape index (κ3) is 2.42. The molecule has 0 spiro atoms. The number of fused-ring (bicyclic) bond motifs is 1. The van der Waals surface area contributed by atoms with Gasteiger partial charge in [0.2, 0.25) is 0 Å². The highest BCUT2D eigenvalue weighted by molar-refractivity contribution is 6.16. The van der Waals surface area contributed by atoms with Crippen LogP contribution in [-0.2, 0) is 5.88 Å². The van der Waals surface area contributed by atoms with Crippen LogP contribution in [0.2, 0.25) is 0 Å². The Bertz CT molecular complexity index is 648. The van der Waals surface area contributed by atoms with Gasteiger partial charge in [-0.05, 0) is 30.4 Å². The molecule has 0 aliphatic heterocycles. The van der Waals surface area contributed by atoms with Crippen molar-refractivity contribution in [1.29, 1.82) is 0 Å². The average molecular weight is 307 g/mol. The van der Waals surface area contributed by atoms with Crippen LogP contribution in [0.25, 0.3) is 11.0 Å².